The number of para-hydroxylation sites is 1. The number of hydrogen-bond donors (Lipinski definition) is 4. The summed E-state index contributed by atoms with van der Waals surface area (Å²) in [6.45, 7) is 2.10. The molecule has 0 saturated carbocycles. The first-order valence-electron chi connectivity index (χ1n) is 11.9. The van der Waals surface area contributed by atoms with Gasteiger partial charge in [0.25, 0.3) is 0 Å². The van der Waals surface area contributed by atoms with Crippen LogP contribution < -0.4 is 15.5 Å². The number of imide groups is 1. The van der Waals surface area contributed by atoms with Crippen molar-refractivity contribution in [1.82, 2.24) is 20.1 Å². The van der Waals surface area contributed by atoms with Gasteiger partial charge in [-0.25, -0.2) is 9.59 Å². The van der Waals surface area contributed by atoms with Crippen molar-refractivity contribution in [2.75, 3.05) is 19.6 Å². The molecular formula is C24H25BN4O9. The van der Waals surface area contributed by atoms with Gasteiger partial charge in [0.2, 0.25) is 5.56 Å². The van der Waals surface area contributed by atoms with Gasteiger partial charge in [-0.15, -0.1) is 0 Å². The number of H-pyrrole nitrogens is 1. The zero-order chi connectivity index (χ0) is 27.6. The Morgan fingerprint density at radius 1 is 1.16 bits per heavy atom. The number of benzene rings is 1. The van der Waals surface area contributed by atoms with Crippen LogP contribution in [-0.4, -0.2) is 81.3 Å². The molecule has 4 N–H and O–H groups in total. The molecule has 1 aromatic carbocycles. The van der Waals surface area contributed by atoms with E-state index < -0.39 is 54.1 Å². The number of nitrogens with one attached hydrogen (secondary N) is 2. The molecule has 1 unspecified atom stereocenters. The number of carboxylic acids is 1. The van der Waals surface area contributed by atoms with Gasteiger partial charge < -0.3 is 30.0 Å². The van der Waals surface area contributed by atoms with Gasteiger partial charge in [0.1, 0.15) is 11.8 Å². The number of fused-ring (bicyclic) bond motifs is 1. The molecule has 0 spiro atoms. The highest BCUT2D eigenvalue weighted by molar-refractivity contribution is 6.47. The third-order valence-electron chi connectivity index (χ3n) is 6.58. The van der Waals surface area contributed by atoms with Crippen LogP contribution in [0.2, 0.25) is 5.82 Å². The number of aromatic carboxylic acids is 1. The molecule has 1 fully saturated rings. The zero-order valence-electron chi connectivity index (χ0n) is 20.4. The molecule has 0 aliphatic carbocycles. The monoisotopic (exact) mass is 524 g/mol. The van der Waals surface area contributed by atoms with Gasteiger partial charge in [-0.3, -0.25) is 24.1 Å². The maximum atomic E-state index is 13.4. The summed E-state index contributed by atoms with van der Waals surface area (Å²) in [5.74, 6) is -4.40. The number of ketones is 1. The normalized spacial score (nSPS) is 17.9. The number of likely N-dealkylation sites (N-methyl/N-ethyl adjacent to an activating group) is 1. The minimum absolute atomic E-state index is 0.0242. The number of urea groups is 1. The molecular weight excluding hydrogens is 499 g/mol. The number of aromatic nitrogens is 1. The summed E-state index contributed by atoms with van der Waals surface area (Å²) in [6.07, 6.45) is 1.08. The molecule has 2 aliphatic heterocycles. The number of hydrogen-bond acceptors (Lipinski definition) is 8. The van der Waals surface area contributed by atoms with Gasteiger partial charge in [-0.1, -0.05) is 12.1 Å². The van der Waals surface area contributed by atoms with Crippen LogP contribution >= 0.6 is 0 Å². The van der Waals surface area contributed by atoms with Crippen molar-refractivity contribution in [2.45, 2.75) is 31.6 Å². The topological polar surface area (TPSA) is 186 Å². The van der Waals surface area contributed by atoms with Crippen molar-refractivity contribution < 1.29 is 38.8 Å². The summed E-state index contributed by atoms with van der Waals surface area (Å²) in [7, 11) is -1.50. The fourth-order valence-corrected chi connectivity index (χ4v) is 4.53. The molecule has 0 bridgehead atoms. The molecule has 1 aromatic heterocycles. The minimum atomic E-state index is -1.50. The van der Waals surface area contributed by atoms with Gasteiger partial charge in [0.15, 0.2) is 5.78 Å². The predicted molar refractivity (Wildman–Crippen MR) is 131 cm³/mol. The van der Waals surface area contributed by atoms with E-state index in [4.69, 9.17) is 4.65 Å². The Balaban J connectivity index is 1.55. The van der Waals surface area contributed by atoms with Crippen molar-refractivity contribution in [3.8, 4) is 5.75 Å². The Labute approximate surface area is 216 Å². The fraction of sp³-hybridized carbons (Fsp3) is 0.333. The second kappa shape index (κ2) is 10.9. The van der Waals surface area contributed by atoms with Crippen molar-refractivity contribution in [3.05, 3.63) is 63.6 Å². The molecule has 14 heteroatoms. The standard InChI is InChI=1S/C24H25BN4O9/c1-2-28-8-9-29(22(33)21(28)32)24(36)27-19(14-6-7-18(31)26-12-14)17(30)11-15-10-13-4-3-5-16(23(34)35)20(13)38-25(15)37/h3-7,12,15,19,37H,2,8-11H2,1H3,(H,26,31)(H,27,36)(H,34,35)/t15-,19?/m1/s1. The van der Waals surface area contributed by atoms with E-state index in [9.17, 15) is 38.9 Å². The van der Waals surface area contributed by atoms with Crippen LogP contribution in [0.5, 0.6) is 5.75 Å². The Morgan fingerprint density at radius 2 is 1.92 bits per heavy atom. The van der Waals surface area contributed by atoms with E-state index in [0.29, 0.717) is 12.1 Å². The van der Waals surface area contributed by atoms with Crippen molar-refractivity contribution >= 4 is 36.7 Å². The fourth-order valence-electron chi connectivity index (χ4n) is 4.53. The largest absolute Gasteiger partial charge is 0.535 e. The minimum Gasteiger partial charge on any atom is -0.535 e. The summed E-state index contributed by atoms with van der Waals surface area (Å²) in [6, 6.07) is 4.72. The van der Waals surface area contributed by atoms with Crippen LogP contribution in [0.25, 0.3) is 0 Å². The van der Waals surface area contributed by atoms with Crippen molar-refractivity contribution in [2.24, 2.45) is 0 Å². The number of aromatic amines is 1. The lowest BCUT2D eigenvalue weighted by atomic mass is 9.64. The van der Waals surface area contributed by atoms with Gasteiger partial charge in [0.05, 0.1) is 5.56 Å². The van der Waals surface area contributed by atoms with E-state index in [-0.39, 0.29) is 42.8 Å². The molecule has 0 radical (unpaired) electrons. The van der Waals surface area contributed by atoms with E-state index in [1.54, 1.807) is 13.0 Å². The van der Waals surface area contributed by atoms with Gasteiger partial charge >= 0.3 is 30.9 Å². The summed E-state index contributed by atoms with van der Waals surface area (Å²) in [5.41, 5.74) is 0.154. The van der Waals surface area contributed by atoms with E-state index in [2.05, 4.69) is 10.3 Å². The summed E-state index contributed by atoms with van der Waals surface area (Å²) in [5, 5.41) is 22.4. The third kappa shape index (κ3) is 5.30. The molecule has 2 aromatic rings. The second-order valence-corrected chi connectivity index (χ2v) is 8.95. The molecule has 2 atom stereocenters. The smallest absolute Gasteiger partial charge is 0.526 e. The SMILES string of the molecule is CCN1CCN(C(=O)NC(C(=O)C[C@H]2Cc3cccc(C(=O)O)c3OB2O)c2ccc(=O)[nH]c2)C(=O)C1=O. The second-order valence-electron chi connectivity index (χ2n) is 8.95. The number of pyridine rings is 1. The highest BCUT2D eigenvalue weighted by atomic mass is 16.5. The number of carbonyl (C=O) groups is 5. The van der Waals surface area contributed by atoms with Crippen LogP contribution in [-0.2, 0) is 20.8 Å². The highest BCUT2D eigenvalue weighted by Crippen LogP contribution is 2.37. The number of amides is 4. The molecule has 38 heavy (non-hydrogen) atoms. The lowest BCUT2D eigenvalue weighted by Crippen LogP contribution is -2.58. The Kier molecular flexibility index (Phi) is 7.62. The molecule has 3 heterocycles. The molecule has 4 rings (SSSR count). The maximum Gasteiger partial charge on any atom is 0.526 e. The van der Waals surface area contributed by atoms with Crippen LogP contribution in [0.4, 0.5) is 4.79 Å². The van der Waals surface area contributed by atoms with Crippen molar-refractivity contribution in [3.63, 3.8) is 0 Å². The van der Waals surface area contributed by atoms with Gasteiger partial charge in [-0.05, 0) is 36.6 Å². The van der Waals surface area contributed by atoms with Crippen LogP contribution in [0.3, 0.4) is 0 Å². The Morgan fingerprint density at radius 3 is 2.58 bits per heavy atom. The quantitative estimate of drug-likeness (QED) is 0.285. The maximum absolute atomic E-state index is 13.4. The van der Waals surface area contributed by atoms with Gasteiger partial charge in [-0.2, -0.15) is 0 Å². The zero-order valence-corrected chi connectivity index (χ0v) is 20.4. The molecule has 2 aliphatic rings. The number of piperazine rings is 1. The van der Waals surface area contributed by atoms with E-state index in [1.165, 1.54) is 35.4 Å². The summed E-state index contributed by atoms with van der Waals surface area (Å²) < 4.78 is 5.45. The first-order valence-corrected chi connectivity index (χ1v) is 11.9. The molecule has 198 valence electrons. The predicted octanol–water partition coefficient (Wildman–Crippen LogP) is -0.0405. The number of Topliss-reactive ketones (excluding diaryl/α,β-unsaturated/α-hetero) is 1. The molecule has 1 saturated heterocycles. The lowest BCUT2D eigenvalue weighted by Gasteiger charge is -2.33. The third-order valence-corrected chi connectivity index (χ3v) is 6.58. The van der Waals surface area contributed by atoms with Gasteiger partial charge in [0, 0.05) is 44.1 Å². The van der Waals surface area contributed by atoms with E-state index in [1.807, 2.05) is 0 Å². The molecule has 13 nitrogen and oxygen atoms in total. The summed E-state index contributed by atoms with van der Waals surface area (Å²) >= 11 is 0. The average Bonchev–Trinajstić information content (AvgIpc) is 2.89. The number of carbonyl (C=O) groups excluding carboxylic acids is 4. The average molecular weight is 524 g/mol. The first-order chi connectivity index (χ1) is 18.1. The first kappa shape index (κ1) is 26.6. The van der Waals surface area contributed by atoms with Crippen LogP contribution in [0.1, 0.15) is 40.9 Å². The van der Waals surface area contributed by atoms with E-state index in [0.717, 1.165) is 4.90 Å². The Bertz CT molecular complexity index is 1340. The number of rotatable bonds is 7. The molecule has 4 amide bonds. The summed E-state index contributed by atoms with van der Waals surface area (Å²) in [4.78, 5) is 78.6. The number of nitrogens with zero attached hydrogens (tertiary/aromatic N) is 2. The van der Waals surface area contributed by atoms with Crippen LogP contribution in [0.15, 0.2) is 41.3 Å². The highest BCUT2D eigenvalue weighted by Gasteiger charge is 2.41. The van der Waals surface area contributed by atoms with Crippen molar-refractivity contribution in [1.29, 1.82) is 0 Å². The van der Waals surface area contributed by atoms with Crippen LogP contribution in [0, 0.1) is 0 Å². The Hall–Kier alpha value is -4.46. The number of carboxylic acid groups (broad SMARTS) is 1. The van der Waals surface area contributed by atoms with E-state index >= 15 is 0 Å². The lowest BCUT2D eigenvalue weighted by molar-refractivity contribution is -0.153.